The van der Waals surface area contributed by atoms with Crippen LogP contribution in [0.1, 0.15) is 51.8 Å². The Morgan fingerprint density at radius 3 is 2.37 bits per heavy atom. The second kappa shape index (κ2) is 10.3. The Labute approximate surface area is 185 Å². The molecule has 4 rings (SSSR count). The summed E-state index contributed by atoms with van der Waals surface area (Å²) in [5.41, 5.74) is 4.53. The van der Waals surface area contributed by atoms with Crippen molar-refractivity contribution in [1.29, 1.82) is 0 Å². The zero-order valence-corrected chi connectivity index (χ0v) is 19.8. The molecule has 1 aliphatic rings. The van der Waals surface area contributed by atoms with Gasteiger partial charge in [-0.1, -0.05) is 51.3 Å². The van der Waals surface area contributed by atoms with Crippen LogP contribution in [0.2, 0.25) is 0 Å². The third kappa shape index (κ3) is 4.65. The van der Waals surface area contributed by atoms with E-state index in [1.165, 1.54) is 11.3 Å². The van der Waals surface area contributed by atoms with E-state index in [2.05, 4.69) is 64.6 Å². The fraction of sp³-hybridized carbons (Fsp3) is 0.500. The molecule has 1 fully saturated rings. The lowest BCUT2D eigenvalue weighted by Gasteiger charge is -2.35. The first-order valence-electron chi connectivity index (χ1n) is 11.1. The van der Waals surface area contributed by atoms with Crippen LogP contribution in [-0.4, -0.2) is 51.3 Å². The van der Waals surface area contributed by atoms with Gasteiger partial charge in [0.15, 0.2) is 5.65 Å². The van der Waals surface area contributed by atoms with Crippen molar-refractivity contribution in [3.63, 3.8) is 0 Å². The highest BCUT2D eigenvalue weighted by Crippen LogP contribution is 2.37. The molecule has 1 unspecified atom stereocenters. The Morgan fingerprint density at radius 2 is 1.77 bits per heavy atom. The Bertz CT molecular complexity index is 882. The summed E-state index contributed by atoms with van der Waals surface area (Å²) in [6.07, 6.45) is 8.12. The average molecular weight is 426 g/mol. The van der Waals surface area contributed by atoms with Gasteiger partial charge in [-0.3, -0.25) is 0 Å². The number of hydrogen-bond acceptors (Lipinski definition) is 5. The number of fused-ring (bicyclic) bond motifs is 1. The summed E-state index contributed by atoms with van der Waals surface area (Å²) in [5.74, 6) is 0. The van der Waals surface area contributed by atoms with Crippen molar-refractivity contribution >= 4 is 23.3 Å². The third-order valence-electron chi connectivity index (χ3n) is 5.92. The lowest BCUT2D eigenvalue weighted by molar-refractivity contribution is 0.431. The molecule has 5 nitrogen and oxygen atoms in total. The molecule has 0 aliphatic carbocycles. The topological polar surface area (TPSA) is 36.7 Å². The predicted molar refractivity (Wildman–Crippen MR) is 129 cm³/mol. The quantitative estimate of drug-likeness (QED) is 0.503. The van der Waals surface area contributed by atoms with Crippen LogP contribution in [-0.2, 0) is 5.41 Å². The van der Waals surface area contributed by atoms with Crippen molar-refractivity contribution in [3.05, 3.63) is 60.0 Å². The first-order chi connectivity index (χ1) is 14.6. The van der Waals surface area contributed by atoms with E-state index in [9.17, 15) is 0 Å². The molecule has 0 saturated carbocycles. The van der Waals surface area contributed by atoms with E-state index >= 15 is 0 Å². The Hall–Kier alpha value is -2.05. The summed E-state index contributed by atoms with van der Waals surface area (Å²) >= 11 is 1.85. The smallest absolute Gasteiger partial charge is 0.155 e. The fourth-order valence-electron chi connectivity index (χ4n) is 4.19. The molecule has 1 aromatic carbocycles. The second-order valence-corrected chi connectivity index (χ2v) is 8.56. The molecule has 0 radical (unpaired) electrons. The van der Waals surface area contributed by atoms with Gasteiger partial charge in [0, 0.05) is 55.7 Å². The Balaban J connectivity index is 0.00000124. The van der Waals surface area contributed by atoms with Crippen LogP contribution >= 0.6 is 11.9 Å². The summed E-state index contributed by atoms with van der Waals surface area (Å²) in [7, 11) is 0. The first-order valence-corrected chi connectivity index (χ1v) is 12.3. The number of piperazine rings is 1. The average Bonchev–Trinajstić information content (AvgIpc) is 3.26. The molecule has 1 saturated heterocycles. The van der Waals surface area contributed by atoms with E-state index < -0.39 is 0 Å². The monoisotopic (exact) mass is 425 g/mol. The molecule has 30 heavy (non-hydrogen) atoms. The van der Waals surface area contributed by atoms with Gasteiger partial charge in [-0.25, -0.2) is 13.8 Å². The van der Waals surface area contributed by atoms with Crippen molar-refractivity contribution in [3.8, 4) is 0 Å². The number of benzene rings is 1. The van der Waals surface area contributed by atoms with Gasteiger partial charge in [0.1, 0.15) is 0 Å². The molecule has 1 atom stereocenters. The Kier molecular flexibility index (Phi) is 7.78. The first kappa shape index (κ1) is 22.6. The van der Waals surface area contributed by atoms with Gasteiger partial charge in [-0.05, 0) is 43.4 Å². The van der Waals surface area contributed by atoms with E-state index in [1.54, 1.807) is 0 Å². The van der Waals surface area contributed by atoms with Gasteiger partial charge < -0.3 is 4.90 Å². The standard InChI is InChI=1S/C22H29N5S.C2H6/c1-4-10-22(2,20-17-21-23-11-5-12-27(21)24-20)18-6-8-19(9-7-18)25-13-15-26(28-3)16-14-25;1-2/h5-9,11-12,17H,4,10,13-16H2,1-3H3;1-2H3. The largest absolute Gasteiger partial charge is 0.369 e. The molecule has 3 heterocycles. The van der Waals surface area contributed by atoms with Crippen LogP contribution in [0.4, 0.5) is 5.69 Å². The van der Waals surface area contributed by atoms with Crippen molar-refractivity contribution in [2.75, 3.05) is 37.3 Å². The van der Waals surface area contributed by atoms with E-state index in [1.807, 2.05) is 48.8 Å². The lowest BCUT2D eigenvalue weighted by Crippen LogP contribution is -2.43. The van der Waals surface area contributed by atoms with Gasteiger partial charge in [0.05, 0.1) is 5.69 Å². The van der Waals surface area contributed by atoms with Gasteiger partial charge in [-0.2, -0.15) is 5.10 Å². The van der Waals surface area contributed by atoms with Crippen molar-refractivity contribution in [1.82, 2.24) is 18.9 Å². The van der Waals surface area contributed by atoms with Crippen molar-refractivity contribution in [2.24, 2.45) is 0 Å². The summed E-state index contributed by atoms with van der Waals surface area (Å²) in [4.78, 5) is 6.93. The van der Waals surface area contributed by atoms with Gasteiger partial charge in [0.25, 0.3) is 0 Å². The van der Waals surface area contributed by atoms with Gasteiger partial charge >= 0.3 is 0 Å². The van der Waals surface area contributed by atoms with Crippen LogP contribution < -0.4 is 4.90 Å². The van der Waals surface area contributed by atoms with E-state index in [0.717, 1.165) is 50.4 Å². The number of hydrogen-bond donors (Lipinski definition) is 0. The maximum atomic E-state index is 4.85. The number of rotatable bonds is 6. The summed E-state index contributed by atoms with van der Waals surface area (Å²) < 4.78 is 4.31. The fourth-order valence-corrected chi connectivity index (χ4v) is 4.72. The molecule has 0 bridgehead atoms. The van der Waals surface area contributed by atoms with Crippen molar-refractivity contribution in [2.45, 2.75) is 46.0 Å². The highest BCUT2D eigenvalue weighted by Gasteiger charge is 2.31. The number of nitrogens with zero attached hydrogens (tertiary/aromatic N) is 5. The van der Waals surface area contributed by atoms with Gasteiger partial charge in [-0.15, -0.1) is 0 Å². The van der Waals surface area contributed by atoms with E-state index in [4.69, 9.17) is 5.10 Å². The third-order valence-corrected chi connectivity index (χ3v) is 6.80. The normalized spacial score (nSPS) is 16.8. The SMILES string of the molecule is CC.CCCC(C)(c1ccc(N2CCN(SC)CC2)cc1)c1cc2ncccn2n1. The summed E-state index contributed by atoms with van der Waals surface area (Å²) in [6, 6.07) is 13.2. The van der Waals surface area contributed by atoms with Crippen LogP contribution in [0.3, 0.4) is 0 Å². The zero-order valence-electron chi connectivity index (χ0n) is 19.0. The maximum Gasteiger partial charge on any atom is 0.155 e. The van der Waals surface area contributed by atoms with Crippen LogP contribution in [0.5, 0.6) is 0 Å². The summed E-state index contributed by atoms with van der Waals surface area (Å²) in [6.45, 7) is 13.0. The maximum absolute atomic E-state index is 4.85. The van der Waals surface area contributed by atoms with E-state index in [-0.39, 0.29) is 5.41 Å². The minimum Gasteiger partial charge on any atom is -0.369 e. The van der Waals surface area contributed by atoms with Crippen LogP contribution in [0.25, 0.3) is 5.65 Å². The predicted octanol–water partition coefficient (Wildman–Crippen LogP) is 5.26. The molecule has 0 spiro atoms. The minimum absolute atomic E-state index is 0.113. The molecule has 6 heteroatoms. The van der Waals surface area contributed by atoms with Crippen molar-refractivity contribution < 1.29 is 0 Å². The van der Waals surface area contributed by atoms with Gasteiger partial charge in [0.2, 0.25) is 0 Å². The summed E-state index contributed by atoms with van der Waals surface area (Å²) in [5, 5.41) is 4.85. The molecule has 0 N–H and O–H groups in total. The zero-order chi connectivity index (χ0) is 21.6. The van der Waals surface area contributed by atoms with E-state index in [0.29, 0.717) is 0 Å². The molecular formula is C24H35N5S. The molecule has 1 aliphatic heterocycles. The highest BCUT2D eigenvalue weighted by atomic mass is 32.2. The van der Waals surface area contributed by atoms with Crippen LogP contribution in [0.15, 0.2) is 48.8 Å². The molecule has 0 amide bonds. The molecule has 2 aromatic heterocycles. The minimum atomic E-state index is -0.113. The molecule has 3 aromatic rings. The number of aromatic nitrogens is 3. The lowest BCUT2D eigenvalue weighted by atomic mass is 9.76. The second-order valence-electron chi connectivity index (χ2n) is 7.68. The van der Waals surface area contributed by atoms with Crippen LogP contribution in [0, 0.1) is 0 Å². The molecular weight excluding hydrogens is 390 g/mol. The molecule has 162 valence electrons. The number of anilines is 1. The Morgan fingerprint density at radius 1 is 1.07 bits per heavy atom. The highest BCUT2D eigenvalue weighted by molar-refractivity contribution is 7.96.